The molecule has 2 aromatic rings. The van der Waals surface area contributed by atoms with Crippen molar-refractivity contribution in [1.82, 2.24) is 4.98 Å². The summed E-state index contributed by atoms with van der Waals surface area (Å²) in [7, 11) is 3.13. The maximum absolute atomic E-state index is 11.9. The van der Waals surface area contributed by atoms with Gasteiger partial charge in [-0.2, -0.15) is 0 Å². The molecule has 0 atom stereocenters. The van der Waals surface area contributed by atoms with Gasteiger partial charge in [0.25, 0.3) is 0 Å². The number of aromatic nitrogens is 1. The van der Waals surface area contributed by atoms with E-state index < -0.39 is 0 Å². The van der Waals surface area contributed by atoms with Crippen LogP contribution in [0.3, 0.4) is 0 Å². The van der Waals surface area contributed by atoms with Gasteiger partial charge >= 0.3 is 0 Å². The average Bonchev–Trinajstić information content (AvgIpc) is 2.53. The van der Waals surface area contributed by atoms with Crippen LogP contribution in [0.15, 0.2) is 42.6 Å². The molecule has 1 heterocycles. The van der Waals surface area contributed by atoms with E-state index in [1.165, 1.54) is 0 Å². The highest BCUT2D eigenvalue weighted by Crippen LogP contribution is 2.29. The number of nitrogens with one attached hydrogen (secondary N) is 1. The van der Waals surface area contributed by atoms with Crippen molar-refractivity contribution >= 4 is 11.6 Å². The molecule has 0 fully saturated rings. The molecule has 0 spiro atoms. The van der Waals surface area contributed by atoms with E-state index in [2.05, 4.69) is 10.3 Å². The Balaban J connectivity index is 1.93. The molecule has 0 aliphatic carbocycles. The molecule has 0 unspecified atom stereocenters. The zero-order valence-electron chi connectivity index (χ0n) is 12.1. The van der Waals surface area contributed by atoms with Crippen LogP contribution in [0.5, 0.6) is 11.5 Å². The second kappa shape index (κ2) is 7.28. The van der Waals surface area contributed by atoms with Crippen molar-refractivity contribution in [3.63, 3.8) is 0 Å². The van der Waals surface area contributed by atoms with Gasteiger partial charge in [0.15, 0.2) is 11.5 Å². The van der Waals surface area contributed by atoms with Gasteiger partial charge in [0, 0.05) is 30.1 Å². The van der Waals surface area contributed by atoms with Gasteiger partial charge in [-0.3, -0.25) is 9.78 Å². The molecule has 1 aromatic heterocycles. The fourth-order valence-electron chi connectivity index (χ4n) is 1.93. The number of pyridine rings is 1. The van der Waals surface area contributed by atoms with E-state index in [1.807, 2.05) is 18.2 Å². The first-order valence-electron chi connectivity index (χ1n) is 6.64. The maximum Gasteiger partial charge on any atom is 0.224 e. The van der Waals surface area contributed by atoms with Crippen molar-refractivity contribution in [3.8, 4) is 11.5 Å². The Morgan fingerprint density at radius 1 is 1.14 bits per heavy atom. The van der Waals surface area contributed by atoms with E-state index >= 15 is 0 Å². The SMILES string of the molecule is COc1ccc(NC(=O)CCc2ccccn2)cc1OC. The third kappa shape index (κ3) is 4.21. The van der Waals surface area contributed by atoms with Crippen molar-refractivity contribution in [2.75, 3.05) is 19.5 Å². The first-order chi connectivity index (χ1) is 10.2. The van der Waals surface area contributed by atoms with Gasteiger partial charge in [-0.25, -0.2) is 0 Å². The molecule has 0 bridgehead atoms. The zero-order chi connectivity index (χ0) is 15.1. The summed E-state index contributed by atoms with van der Waals surface area (Å²) in [5, 5.41) is 2.84. The molecule has 21 heavy (non-hydrogen) atoms. The number of carbonyl (C=O) groups is 1. The summed E-state index contributed by atoms with van der Waals surface area (Å²) in [6.45, 7) is 0. The zero-order valence-corrected chi connectivity index (χ0v) is 12.1. The Hall–Kier alpha value is -2.56. The topological polar surface area (TPSA) is 60.5 Å². The molecule has 0 radical (unpaired) electrons. The van der Waals surface area contributed by atoms with Gasteiger partial charge in [0.2, 0.25) is 5.91 Å². The number of hydrogen-bond donors (Lipinski definition) is 1. The molecule has 0 aliphatic rings. The molecule has 0 saturated carbocycles. The number of methoxy groups -OCH3 is 2. The molecule has 0 saturated heterocycles. The smallest absolute Gasteiger partial charge is 0.224 e. The number of anilines is 1. The second-order valence-electron chi connectivity index (χ2n) is 4.44. The van der Waals surface area contributed by atoms with E-state index in [-0.39, 0.29) is 5.91 Å². The second-order valence-corrected chi connectivity index (χ2v) is 4.44. The highest BCUT2D eigenvalue weighted by atomic mass is 16.5. The molecule has 0 aliphatic heterocycles. The van der Waals surface area contributed by atoms with Crippen molar-refractivity contribution in [2.24, 2.45) is 0 Å². The van der Waals surface area contributed by atoms with Crippen LogP contribution >= 0.6 is 0 Å². The summed E-state index contributed by atoms with van der Waals surface area (Å²) >= 11 is 0. The van der Waals surface area contributed by atoms with E-state index in [1.54, 1.807) is 38.6 Å². The van der Waals surface area contributed by atoms with Crippen molar-refractivity contribution in [2.45, 2.75) is 12.8 Å². The van der Waals surface area contributed by atoms with Crippen LogP contribution in [-0.4, -0.2) is 25.1 Å². The lowest BCUT2D eigenvalue weighted by atomic mass is 10.2. The van der Waals surface area contributed by atoms with E-state index in [0.29, 0.717) is 30.0 Å². The fourth-order valence-corrected chi connectivity index (χ4v) is 1.93. The van der Waals surface area contributed by atoms with Crippen LogP contribution in [-0.2, 0) is 11.2 Å². The standard InChI is InChI=1S/C16H18N2O3/c1-20-14-8-6-13(11-15(14)21-2)18-16(19)9-7-12-5-3-4-10-17-12/h3-6,8,10-11H,7,9H2,1-2H3,(H,18,19). The first kappa shape index (κ1) is 14.8. The lowest BCUT2D eigenvalue weighted by Crippen LogP contribution is -2.12. The third-order valence-corrected chi connectivity index (χ3v) is 3.00. The van der Waals surface area contributed by atoms with Gasteiger partial charge in [0.05, 0.1) is 14.2 Å². The van der Waals surface area contributed by atoms with Gasteiger partial charge in [-0.1, -0.05) is 6.07 Å². The first-order valence-corrected chi connectivity index (χ1v) is 6.64. The molecule has 110 valence electrons. The number of ether oxygens (including phenoxy) is 2. The Morgan fingerprint density at radius 2 is 1.95 bits per heavy atom. The molecule has 2 rings (SSSR count). The number of hydrogen-bond acceptors (Lipinski definition) is 4. The van der Waals surface area contributed by atoms with E-state index in [0.717, 1.165) is 5.69 Å². The number of aryl methyl sites for hydroxylation is 1. The number of amides is 1. The predicted octanol–water partition coefficient (Wildman–Crippen LogP) is 2.67. The van der Waals surface area contributed by atoms with Gasteiger partial charge in [-0.05, 0) is 30.7 Å². The quantitative estimate of drug-likeness (QED) is 0.887. The maximum atomic E-state index is 11.9. The third-order valence-electron chi connectivity index (χ3n) is 3.00. The Kier molecular flexibility index (Phi) is 5.15. The molecule has 5 nitrogen and oxygen atoms in total. The molecule has 1 aromatic carbocycles. The summed E-state index contributed by atoms with van der Waals surface area (Å²) in [4.78, 5) is 16.1. The number of nitrogens with zero attached hydrogens (tertiary/aromatic N) is 1. The molecular weight excluding hydrogens is 268 g/mol. The molecule has 1 N–H and O–H groups in total. The minimum absolute atomic E-state index is 0.0622. The minimum Gasteiger partial charge on any atom is -0.493 e. The van der Waals surface area contributed by atoms with Crippen LogP contribution in [0, 0.1) is 0 Å². The Labute approximate surface area is 123 Å². The molecular formula is C16H18N2O3. The van der Waals surface area contributed by atoms with Crippen LogP contribution in [0.4, 0.5) is 5.69 Å². The number of carbonyl (C=O) groups excluding carboxylic acids is 1. The van der Waals surface area contributed by atoms with Crippen LogP contribution in [0.1, 0.15) is 12.1 Å². The van der Waals surface area contributed by atoms with Crippen molar-refractivity contribution < 1.29 is 14.3 Å². The minimum atomic E-state index is -0.0622. The summed E-state index contributed by atoms with van der Waals surface area (Å²) in [5.74, 6) is 1.15. The largest absolute Gasteiger partial charge is 0.493 e. The average molecular weight is 286 g/mol. The summed E-state index contributed by atoms with van der Waals surface area (Å²) < 4.78 is 10.4. The molecule has 1 amide bonds. The number of rotatable bonds is 6. The van der Waals surface area contributed by atoms with E-state index in [9.17, 15) is 4.79 Å². The van der Waals surface area contributed by atoms with Crippen molar-refractivity contribution in [3.05, 3.63) is 48.3 Å². The van der Waals surface area contributed by atoms with Gasteiger partial charge < -0.3 is 14.8 Å². The summed E-state index contributed by atoms with van der Waals surface area (Å²) in [6.07, 6.45) is 2.72. The van der Waals surface area contributed by atoms with Gasteiger partial charge in [-0.15, -0.1) is 0 Å². The van der Waals surface area contributed by atoms with E-state index in [4.69, 9.17) is 9.47 Å². The van der Waals surface area contributed by atoms with Crippen LogP contribution in [0.2, 0.25) is 0 Å². The summed E-state index contributed by atoms with van der Waals surface area (Å²) in [5.41, 5.74) is 1.58. The highest BCUT2D eigenvalue weighted by Gasteiger charge is 2.07. The monoisotopic (exact) mass is 286 g/mol. The number of benzene rings is 1. The molecule has 5 heteroatoms. The Morgan fingerprint density at radius 3 is 2.62 bits per heavy atom. The lowest BCUT2D eigenvalue weighted by Gasteiger charge is -2.10. The predicted molar refractivity (Wildman–Crippen MR) is 80.7 cm³/mol. The normalized spacial score (nSPS) is 10.0. The van der Waals surface area contributed by atoms with Crippen LogP contribution in [0.25, 0.3) is 0 Å². The fraction of sp³-hybridized carbons (Fsp3) is 0.250. The lowest BCUT2D eigenvalue weighted by molar-refractivity contribution is -0.116. The van der Waals surface area contributed by atoms with Crippen LogP contribution < -0.4 is 14.8 Å². The summed E-state index contributed by atoms with van der Waals surface area (Å²) in [6, 6.07) is 10.9. The van der Waals surface area contributed by atoms with Crippen molar-refractivity contribution in [1.29, 1.82) is 0 Å². The van der Waals surface area contributed by atoms with Gasteiger partial charge in [0.1, 0.15) is 0 Å². The Bertz CT molecular complexity index is 600. The highest BCUT2D eigenvalue weighted by molar-refractivity contribution is 5.91.